The number of para-hydroxylation sites is 1. The van der Waals surface area contributed by atoms with Gasteiger partial charge in [0.25, 0.3) is 5.91 Å². The van der Waals surface area contributed by atoms with Gasteiger partial charge in [-0.15, -0.1) is 0 Å². The largest absolute Gasteiger partial charge is 0.456 e. The fraction of sp³-hybridized carbons (Fsp3) is 0.107. The summed E-state index contributed by atoms with van der Waals surface area (Å²) in [5.41, 5.74) is 4.89. The molecule has 36 heavy (non-hydrogen) atoms. The van der Waals surface area contributed by atoms with Crippen molar-refractivity contribution in [1.29, 1.82) is 0 Å². The van der Waals surface area contributed by atoms with Crippen LogP contribution in [0.5, 0.6) is 0 Å². The first kappa shape index (κ1) is 24.1. The number of furan rings is 1. The van der Waals surface area contributed by atoms with E-state index < -0.39 is 10.0 Å². The Bertz CT molecular complexity index is 1710. The number of benzene rings is 4. The Hall–Kier alpha value is -3.62. The van der Waals surface area contributed by atoms with E-state index in [-0.39, 0.29) is 12.5 Å². The summed E-state index contributed by atoms with van der Waals surface area (Å²) in [6.07, 6.45) is 1.19. The van der Waals surface area contributed by atoms with Gasteiger partial charge >= 0.3 is 0 Å². The van der Waals surface area contributed by atoms with E-state index in [4.69, 9.17) is 4.42 Å². The molecule has 8 heteroatoms. The van der Waals surface area contributed by atoms with Crippen LogP contribution >= 0.6 is 15.9 Å². The van der Waals surface area contributed by atoms with Gasteiger partial charge in [-0.3, -0.25) is 9.10 Å². The highest BCUT2D eigenvalue weighted by molar-refractivity contribution is 9.10. The Kier molecular flexibility index (Phi) is 6.32. The standard InChI is InChI=1S/C28H23BrN2O4S/c1-18-15-22(12-14-25(18)29)31(36(2,33)34)17-19-7-9-20(10-8-19)28(32)30-21-11-13-24-23-5-3-4-6-26(23)35-27(24)16-21/h3-16H,17H2,1-2H3,(H,30,32). The maximum absolute atomic E-state index is 12.9. The van der Waals surface area contributed by atoms with Crippen molar-refractivity contribution in [3.63, 3.8) is 0 Å². The molecule has 1 N–H and O–H groups in total. The van der Waals surface area contributed by atoms with Crippen molar-refractivity contribution in [2.24, 2.45) is 0 Å². The molecule has 0 atom stereocenters. The normalized spacial score (nSPS) is 11.6. The minimum atomic E-state index is -3.51. The van der Waals surface area contributed by atoms with E-state index in [1.165, 1.54) is 10.6 Å². The molecule has 0 aliphatic carbocycles. The lowest BCUT2D eigenvalue weighted by Gasteiger charge is -2.23. The van der Waals surface area contributed by atoms with Crippen molar-refractivity contribution < 1.29 is 17.6 Å². The van der Waals surface area contributed by atoms with Gasteiger partial charge in [0.05, 0.1) is 18.5 Å². The summed E-state index contributed by atoms with van der Waals surface area (Å²) in [5, 5.41) is 4.93. The Morgan fingerprint density at radius 1 is 0.917 bits per heavy atom. The van der Waals surface area contributed by atoms with E-state index in [1.54, 1.807) is 30.3 Å². The zero-order valence-electron chi connectivity index (χ0n) is 19.7. The minimum absolute atomic E-state index is 0.157. The number of aryl methyl sites for hydroxylation is 1. The van der Waals surface area contributed by atoms with E-state index in [0.29, 0.717) is 22.5 Å². The molecule has 0 aliphatic heterocycles. The molecular weight excluding hydrogens is 540 g/mol. The first-order chi connectivity index (χ1) is 17.2. The number of nitrogens with zero attached hydrogens (tertiary/aromatic N) is 1. The number of fused-ring (bicyclic) bond motifs is 3. The maximum Gasteiger partial charge on any atom is 0.255 e. The third-order valence-electron chi connectivity index (χ3n) is 6.01. The molecule has 0 saturated carbocycles. The van der Waals surface area contributed by atoms with E-state index in [1.807, 2.05) is 61.5 Å². The van der Waals surface area contributed by atoms with E-state index in [2.05, 4.69) is 21.2 Å². The highest BCUT2D eigenvalue weighted by atomic mass is 79.9. The molecule has 4 aromatic carbocycles. The molecule has 1 aromatic heterocycles. The van der Waals surface area contributed by atoms with Crippen molar-refractivity contribution in [1.82, 2.24) is 0 Å². The van der Waals surface area contributed by atoms with Crippen LogP contribution in [0.1, 0.15) is 21.5 Å². The molecule has 0 aliphatic rings. The van der Waals surface area contributed by atoms with Gasteiger partial charge in [-0.1, -0.05) is 46.3 Å². The average Bonchev–Trinajstić information content (AvgIpc) is 3.22. The number of anilines is 2. The highest BCUT2D eigenvalue weighted by Gasteiger charge is 2.19. The van der Waals surface area contributed by atoms with E-state index >= 15 is 0 Å². The molecule has 0 bridgehead atoms. The summed E-state index contributed by atoms with van der Waals surface area (Å²) in [6.45, 7) is 2.07. The average molecular weight is 563 g/mol. The lowest BCUT2D eigenvalue weighted by Crippen LogP contribution is -2.29. The van der Waals surface area contributed by atoms with Crippen molar-refractivity contribution in [2.75, 3.05) is 15.9 Å². The number of nitrogens with one attached hydrogen (secondary N) is 1. The zero-order chi connectivity index (χ0) is 25.4. The summed E-state index contributed by atoms with van der Waals surface area (Å²) in [5.74, 6) is -0.263. The molecular formula is C28H23BrN2O4S. The molecule has 5 rings (SSSR count). The lowest BCUT2D eigenvalue weighted by molar-refractivity contribution is 0.102. The number of rotatable bonds is 6. The summed E-state index contributed by atoms with van der Waals surface area (Å²) < 4.78 is 33.2. The van der Waals surface area contributed by atoms with Crippen LogP contribution in [0.15, 0.2) is 93.8 Å². The van der Waals surface area contributed by atoms with Crippen LogP contribution in [0.25, 0.3) is 21.9 Å². The molecule has 182 valence electrons. The van der Waals surface area contributed by atoms with Gasteiger partial charge in [-0.25, -0.2) is 8.42 Å². The number of sulfonamides is 1. The summed E-state index contributed by atoms with van der Waals surface area (Å²) >= 11 is 3.45. The minimum Gasteiger partial charge on any atom is -0.456 e. The predicted octanol–water partition coefficient (Wildman–Crippen LogP) is 6.88. The third kappa shape index (κ3) is 4.87. The molecule has 6 nitrogen and oxygen atoms in total. The molecule has 0 fully saturated rings. The quantitative estimate of drug-likeness (QED) is 0.244. The van der Waals surface area contributed by atoms with Gasteiger partial charge in [0.15, 0.2) is 0 Å². The van der Waals surface area contributed by atoms with Crippen LogP contribution in [-0.2, 0) is 16.6 Å². The number of hydrogen-bond acceptors (Lipinski definition) is 4. The first-order valence-electron chi connectivity index (χ1n) is 11.2. The molecule has 1 amide bonds. The van der Waals surface area contributed by atoms with Crippen LogP contribution in [-0.4, -0.2) is 20.6 Å². The summed E-state index contributed by atoms with van der Waals surface area (Å²) in [7, 11) is -3.51. The highest BCUT2D eigenvalue weighted by Crippen LogP contribution is 2.30. The Morgan fingerprint density at radius 3 is 2.36 bits per heavy atom. The second kappa shape index (κ2) is 9.44. The number of carbonyl (C=O) groups excluding carboxylic acids is 1. The Balaban J connectivity index is 1.33. The topological polar surface area (TPSA) is 79.6 Å². The van der Waals surface area contributed by atoms with Crippen LogP contribution in [0.2, 0.25) is 0 Å². The van der Waals surface area contributed by atoms with E-state index in [9.17, 15) is 13.2 Å². The van der Waals surface area contributed by atoms with Crippen molar-refractivity contribution >= 4 is 65.2 Å². The van der Waals surface area contributed by atoms with Gasteiger partial charge in [-0.05, 0) is 66.6 Å². The summed E-state index contributed by atoms with van der Waals surface area (Å²) in [6, 6.07) is 25.7. The second-order valence-electron chi connectivity index (χ2n) is 8.66. The summed E-state index contributed by atoms with van der Waals surface area (Å²) in [4.78, 5) is 12.9. The van der Waals surface area contributed by atoms with Gasteiger partial charge in [0.1, 0.15) is 11.2 Å². The Morgan fingerprint density at radius 2 is 1.64 bits per heavy atom. The fourth-order valence-electron chi connectivity index (χ4n) is 4.12. The van der Waals surface area contributed by atoms with Gasteiger partial charge < -0.3 is 9.73 Å². The smallest absolute Gasteiger partial charge is 0.255 e. The monoisotopic (exact) mass is 562 g/mol. The molecule has 0 saturated heterocycles. The van der Waals surface area contributed by atoms with Crippen molar-refractivity contribution in [3.05, 3.63) is 106 Å². The number of halogens is 1. The van der Waals surface area contributed by atoms with E-state index in [0.717, 1.165) is 32.0 Å². The number of amides is 1. The Labute approximate surface area is 217 Å². The van der Waals surface area contributed by atoms with Crippen molar-refractivity contribution in [2.45, 2.75) is 13.5 Å². The zero-order valence-corrected chi connectivity index (χ0v) is 22.1. The van der Waals surface area contributed by atoms with Gasteiger partial charge in [0.2, 0.25) is 10.0 Å². The maximum atomic E-state index is 12.9. The van der Waals surface area contributed by atoms with Crippen LogP contribution in [0, 0.1) is 6.92 Å². The molecule has 0 unspecified atom stereocenters. The van der Waals surface area contributed by atoms with Gasteiger partial charge in [0, 0.05) is 32.6 Å². The first-order valence-corrected chi connectivity index (χ1v) is 13.9. The predicted molar refractivity (Wildman–Crippen MR) is 148 cm³/mol. The second-order valence-corrected chi connectivity index (χ2v) is 11.4. The molecule has 5 aromatic rings. The van der Waals surface area contributed by atoms with Crippen LogP contribution < -0.4 is 9.62 Å². The van der Waals surface area contributed by atoms with Crippen molar-refractivity contribution in [3.8, 4) is 0 Å². The number of carbonyl (C=O) groups is 1. The molecule has 1 heterocycles. The lowest BCUT2D eigenvalue weighted by atomic mass is 10.1. The van der Waals surface area contributed by atoms with Crippen LogP contribution in [0.4, 0.5) is 11.4 Å². The third-order valence-corrected chi connectivity index (χ3v) is 8.04. The fourth-order valence-corrected chi connectivity index (χ4v) is 5.25. The number of hydrogen-bond donors (Lipinski definition) is 1. The van der Waals surface area contributed by atoms with Gasteiger partial charge in [-0.2, -0.15) is 0 Å². The van der Waals surface area contributed by atoms with Crippen LogP contribution in [0.3, 0.4) is 0 Å². The SMILES string of the molecule is Cc1cc(N(Cc2ccc(C(=O)Nc3ccc4c(c3)oc3ccccc34)cc2)S(C)(=O)=O)ccc1Br. The molecule has 0 radical (unpaired) electrons. The molecule has 0 spiro atoms.